The maximum absolute atomic E-state index is 12.0. The summed E-state index contributed by atoms with van der Waals surface area (Å²) in [5.41, 5.74) is 0.897. The third-order valence-electron chi connectivity index (χ3n) is 5.58. The van der Waals surface area contributed by atoms with E-state index in [1.54, 1.807) is 0 Å². The molecule has 1 heterocycles. The van der Waals surface area contributed by atoms with Crippen LogP contribution >= 0.6 is 0 Å². The lowest BCUT2D eigenvalue weighted by molar-refractivity contribution is 0.124. The van der Waals surface area contributed by atoms with Crippen molar-refractivity contribution in [3.05, 3.63) is 35.9 Å². The van der Waals surface area contributed by atoms with Gasteiger partial charge in [0.2, 0.25) is 0 Å². The molecule has 1 saturated heterocycles. The van der Waals surface area contributed by atoms with E-state index in [9.17, 15) is 14.7 Å². The molecule has 0 unspecified atom stereocenters. The number of carboxylic acid groups (broad SMARTS) is 1. The summed E-state index contributed by atoms with van der Waals surface area (Å²) < 4.78 is 11.6. The fourth-order valence-corrected chi connectivity index (χ4v) is 4.31. The summed E-state index contributed by atoms with van der Waals surface area (Å²) in [4.78, 5) is 24.9. The van der Waals surface area contributed by atoms with Gasteiger partial charge in [-0.3, -0.25) is 0 Å². The summed E-state index contributed by atoms with van der Waals surface area (Å²) in [6.07, 6.45) is -1.13. The van der Waals surface area contributed by atoms with Gasteiger partial charge in [0, 0.05) is 13.1 Å². The molecule has 1 aliphatic heterocycles. The Labute approximate surface area is 168 Å². The minimum absolute atomic E-state index is 0.0542. The van der Waals surface area contributed by atoms with Crippen LogP contribution in [-0.4, -0.2) is 55.7 Å². The monoisotopic (exact) mass is 408 g/mol. The Morgan fingerprint density at radius 1 is 1.25 bits per heavy atom. The van der Waals surface area contributed by atoms with Crippen molar-refractivity contribution in [2.75, 3.05) is 13.1 Å². The molecule has 0 aromatic heterocycles. The summed E-state index contributed by atoms with van der Waals surface area (Å²) in [6.45, 7) is 11.5. The first-order valence-corrected chi connectivity index (χ1v) is 12.5. The number of nitrogens with zero attached hydrogens (tertiary/aromatic N) is 1. The predicted molar refractivity (Wildman–Crippen MR) is 110 cm³/mol. The quantitative estimate of drug-likeness (QED) is 0.693. The van der Waals surface area contributed by atoms with Crippen LogP contribution in [-0.2, 0) is 15.8 Å². The lowest BCUT2D eigenvalue weighted by Gasteiger charge is -2.38. The average molecular weight is 409 g/mol. The van der Waals surface area contributed by atoms with Crippen LogP contribution in [0, 0.1) is 0 Å². The summed E-state index contributed by atoms with van der Waals surface area (Å²) >= 11 is 0. The van der Waals surface area contributed by atoms with Crippen LogP contribution in [0.1, 0.15) is 32.8 Å². The standard InChI is InChI=1S/C20H32N2O5Si/c1-20(2,3)28(4,5)27-17-11-16(22(13-17)19(24)25)12-21-18(23)26-14-15-9-7-6-8-10-15/h6-10,16-17H,11-14H2,1-5H3,(H,21,23)(H,24,25)/t16-,17-/m0/s1. The molecule has 2 atom stereocenters. The molecular formula is C20H32N2O5Si. The van der Waals surface area contributed by atoms with Gasteiger partial charge in [-0.25, -0.2) is 9.59 Å². The van der Waals surface area contributed by atoms with Gasteiger partial charge < -0.3 is 24.5 Å². The second-order valence-corrected chi connectivity index (χ2v) is 13.5. The number of benzene rings is 1. The van der Waals surface area contributed by atoms with E-state index in [0.29, 0.717) is 13.0 Å². The van der Waals surface area contributed by atoms with Gasteiger partial charge in [0.1, 0.15) is 6.61 Å². The van der Waals surface area contributed by atoms with E-state index >= 15 is 0 Å². The zero-order chi connectivity index (χ0) is 20.9. The fraction of sp³-hybridized carbons (Fsp3) is 0.600. The lowest BCUT2D eigenvalue weighted by atomic mass is 10.2. The number of ether oxygens (including phenoxy) is 1. The maximum atomic E-state index is 12.0. The molecule has 156 valence electrons. The predicted octanol–water partition coefficient (Wildman–Crippen LogP) is 4.06. The molecule has 0 aliphatic carbocycles. The number of carbonyl (C=O) groups is 2. The normalized spacial score (nSPS) is 20.1. The molecule has 2 amide bonds. The van der Waals surface area contributed by atoms with E-state index in [2.05, 4.69) is 39.2 Å². The van der Waals surface area contributed by atoms with Gasteiger partial charge in [-0.2, -0.15) is 0 Å². The van der Waals surface area contributed by atoms with E-state index < -0.39 is 20.5 Å². The molecule has 1 fully saturated rings. The van der Waals surface area contributed by atoms with Crippen molar-refractivity contribution >= 4 is 20.5 Å². The summed E-state index contributed by atoms with van der Waals surface area (Å²) in [7, 11) is -1.99. The largest absolute Gasteiger partial charge is 0.465 e. The second-order valence-electron chi connectivity index (χ2n) is 8.77. The Balaban J connectivity index is 1.87. The maximum Gasteiger partial charge on any atom is 0.407 e. The Kier molecular flexibility index (Phi) is 7.11. The van der Waals surface area contributed by atoms with Crippen molar-refractivity contribution in [2.24, 2.45) is 0 Å². The van der Waals surface area contributed by atoms with Crippen LogP contribution in [0.15, 0.2) is 30.3 Å². The van der Waals surface area contributed by atoms with Gasteiger partial charge in [-0.1, -0.05) is 51.1 Å². The number of amides is 2. The van der Waals surface area contributed by atoms with Gasteiger partial charge in [0.15, 0.2) is 8.32 Å². The van der Waals surface area contributed by atoms with Crippen molar-refractivity contribution in [1.29, 1.82) is 0 Å². The molecule has 28 heavy (non-hydrogen) atoms. The van der Waals surface area contributed by atoms with Crippen LogP contribution < -0.4 is 5.32 Å². The smallest absolute Gasteiger partial charge is 0.407 e. The summed E-state index contributed by atoms with van der Waals surface area (Å²) in [5, 5.41) is 12.3. The van der Waals surface area contributed by atoms with Crippen molar-refractivity contribution in [3.63, 3.8) is 0 Å². The van der Waals surface area contributed by atoms with Crippen LogP contribution in [0.3, 0.4) is 0 Å². The third kappa shape index (κ3) is 5.97. The lowest BCUT2D eigenvalue weighted by Crippen LogP contribution is -2.44. The van der Waals surface area contributed by atoms with Gasteiger partial charge in [0.25, 0.3) is 0 Å². The van der Waals surface area contributed by atoms with E-state index in [1.807, 2.05) is 30.3 Å². The van der Waals surface area contributed by atoms with Crippen LogP contribution in [0.5, 0.6) is 0 Å². The highest BCUT2D eigenvalue weighted by Gasteiger charge is 2.43. The first kappa shape index (κ1) is 22.2. The number of hydrogen-bond donors (Lipinski definition) is 2. The highest BCUT2D eigenvalue weighted by molar-refractivity contribution is 6.74. The molecule has 7 nitrogen and oxygen atoms in total. The molecule has 0 radical (unpaired) electrons. The Morgan fingerprint density at radius 2 is 1.89 bits per heavy atom. The molecule has 2 rings (SSSR count). The first-order chi connectivity index (χ1) is 13.0. The number of carbonyl (C=O) groups excluding carboxylic acids is 1. The molecule has 0 spiro atoms. The summed E-state index contributed by atoms with van der Waals surface area (Å²) in [6, 6.07) is 9.08. The topological polar surface area (TPSA) is 88.1 Å². The number of rotatable bonds is 6. The van der Waals surface area contributed by atoms with Gasteiger partial charge in [0.05, 0.1) is 12.1 Å². The number of alkyl carbamates (subject to hydrolysis) is 1. The minimum atomic E-state index is -1.99. The highest BCUT2D eigenvalue weighted by Crippen LogP contribution is 2.38. The average Bonchev–Trinajstić information content (AvgIpc) is 3.00. The molecule has 1 aromatic carbocycles. The number of nitrogens with one attached hydrogen (secondary N) is 1. The molecule has 0 saturated carbocycles. The van der Waals surface area contributed by atoms with Crippen molar-refractivity contribution in [1.82, 2.24) is 10.2 Å². The molecule has 1 aromatic rings. The van der Waals surface area contributed by atoms with Crippen molar-refractivity contribution in [3.8, 4) is 0 Å². The van der Waals surface area contributed by atoms with E-state index in [0.717, 1.165) is 5.56 Å². The molecule has 1 aliphatic rings. The molecule has 8 heteroatoms. The van der Waals surface area contributed by atoms with E-state index in [1.165, 1.54) is 4.90 Å². The molecular weight excluding hydrogens is 376 g/mol. The molecule has 0 bridgehead atoms. The Bertz CT molecular complexity index is 675. The van der Waals surface area contributed by atoms with Gasteiger partial charge in [-0.15, -0.1) is 0 Å². The second kappa shape index (κ2) is 8.96. The Hall–Kier alpha value is -2.06. The highest BCUT2D eigenvalue weighted by atomic mass is 28.4. The van der Waals surface area contributed by atoms with Crippen LogP contribution in [0.4, 0.5) is 9.59 Å². The number of likely N-dealkylation sites (tertiary alicyclic amines) is 1. The number of hydrogen-bond acceptors (Lipinski definition) is 4. The first-order valence-electron chi connectivity index (χ1n) is 9.61. The zero-order valence-corrected chi connectivity index (χ0v) is 18.4. The van der Waals surface area contributed by atoms with Crippen molar-refractivity contribution < 1.29 is 23.9 Å². The third-order valence-corrected chi connectivity index (χ3v) is 10.1. The SMILES string of the molecule is CC(C)(C)[Si](C)(C)O[C@H]1C[C@@H](CNC(=O)OCc2ccccc2)N(C(=O)O)C1. The fourth-order valence-electron chi connectivity index (χ4n) is 2.96. The Morgan fingerprint density at radius 3 is 2.46 bits per heavy atom. The zero-order valence-electron chi connectivity index (χ0n) is 17.4. The van der Waals surface area contributed by atoms with Crippen LogP contribution in [0.2, 0.25) is 18.1 Å². The molecule has 2 N–H and O–H groups in total. The summed E-state index contributed by atoms with van der Waals surface area (Å²) in [5.74, 6) is 0. The van der Waals surface area contributed by atoms with Gasteiger partial charge in [-0.05, 0) is 30.1 Å². The minimum Gasteiger partial charge on any atom is -0.465 e. The van der Waals surface area contributed by atoms with E-state index in [4.69, 9.17) is 9.16 Å². The van der Waals surface area contributed by atoms with Crippen LogP contribution in [0.25, 0.3) is 0 Å². The van der Waals surface area contributed by atoms with Gasteiger partial charge >= 0.3 is 12.2 Å². The van der Waals surface area contributed by atoms with Crippen molar-refractivity contribution in [2.45, 2.75) is 64.1 Å². The van der Waals surface area contributed by atoms with E-state index in [-0.39, 0.29) is 30.3 Å².